The maximum atomic E-state index is 12.5. The van der Waals surface area contributed by atoms with Gasteiger partial charge in [-0.05, 0) is 63.9 Å². The third-order valence-corrected chi connectivity index (χ3v) is 5.41. The van der Waals surface area contributed by atoms with E-state index in [4.69, 9.17) is 5.10 Å². The average Bonchev–Trinajstić information content (AvgIpc) is 2.64. The molecule has 132 valence electrons. The molecule has 0 aliphatic heterocycles. The first-order valence-corrected chi connectivity index (χ1v) is 9.36. The van der Waals surface area contributed by atoms with Gasteiger partial charge in [0.05, 0.1) is 29.8 Å². The van der Waals surface area contributed by atoms with E-state index >= 15 is 0 Å². The molecule has 2 aliphatic rings. The van der Waals surface area contributed by atoms with E-state index in [1.807, 2.05) is 13.0 Å². The summed E-state index contributed by atoms with van der Waals surface area (Å²) in [7, 11) is 0. The van der Waals surface area contributed by atoms with Crippen LogP contribution in [0.3, 0.4) is 0 Å². The number of nitrogens with zero attached hydrogens (tertiary/aromatic N) is 4. The van der Waals surface area contributed by atoms with E-state index in [0.717, 1.165) is 55.7 Å². The fourth-order valence-corrected chi connectivity index (χ4v) is 3.98. The van der Waals surface area contributed by atoms with Crippen molar-refractivity contribution in [3.05, 3.63) is 45.8 Å². The highest BCUT2D eigenvalue weighted by molar-refractivity contribution is 5.32. The normalized spacial score (nSPS) is 23.1. The molecule has 0 radical (unpaired) electrons. The van der Waals surface area contributed by atoms with Crippen LogP contribution in [0.1, 0.15) is 61.5 Å². The van der Waals surface area contributed by atoms with Gasteiger partial charge in [0.1, 0.15) is 5.82 Å². The quantitative estimate of drug-likeness (QED) is 0.931. The average molecular weight is 339 g/mol. The SMILES string of the molecule is Cc1cnc(NC2CCC(n3nc4c(cc3=O)CCCC4)CC2)cn1. The maximum absolute atomic E-state index is 12.5. The zero-order valence-corrected chi connectivity index (χ0v) is 14.7. The molecule has 2 heterocycles. The summed E-state index contributed by atoms with van der Waals surface area (Å²) < 4.78 is 1.76. The van der Waals surface area contributed by atoms with Gasteiger partial charge in [-0.15, -0.1) is 0 Å². The van der Waals surface area contributed by atoms with Crippen molar-refractivity contribution in [1.82, 2.24) is 19.7 Å². The number of nitrogens with one attached hydrogen (secondary N) is 1. The summed E-state index contributed by atoms with van der Waals surface area (Å²) in [5.41, 5.74) is 3.30. The molecule has 1 N–H and O–H groups in total. The van der Waals surface area contributed by atoms with E-state index in [-0.39, 0.29) is 11.6 Å². The lowest BCUT2D eigenvalue weighted by Crippen LogP contribution is -2.34. The number of hydrogen-bond donors (Lipinski definition) is 1. The van der Waals surface area contributed by atoms with Gasteiger partial charge in [0, 0.05) is 12.1 Å². The third-order valence-electron chi connectivity index (χ3n) is 5.41. The highest BCUT2D eigenvalue weighted by Crippen LogP contribution is 2.29. The fourth-order valence-electron chi connectivity index (χ4n) is 3.98. The van der Waals surface area contributed by atoms with E-state index in [1.54, 1.807) is 17.1 Å². The number of aromatic nitrogens is 4. The van der Waals surface area contributed by atoms with Crippen molar-refractivity contribution in [2.75, 3.05) is 5.32 Å². The standard InChI is InChI=1S/C19H25N5O/c1-13-11-21-18(12-20-13)22-15-6-8-16(9-7-15)24-19(25)10-14-4-2-3-5-17(14)23-24/h10-12,15-16H,2-9H2,1H3,(H,21,22). The van der Waals surface area contributed by atoms with Crippen LogP contribution in [0.5, 0.6) is 0 Å². The first kappa shape index (κ1) is 16.2. The number of anilines is 1. The molecular formula is C19H25N5O. The molecule has 0 atom stereocenters. The molecule has 0 bridgehead atoms. The van der Waals surface area contributed by atoms with Gasteiger partial charge < -0.3 is 5.32 Å². The van der Waals surface area contributed by atoms with Gasteiger partial charge in [0.15, 0.2) is 0 Å². The van der Waals surface area contributed by atoms with Crippen LogP contribution in [0, 0.1) is 6.92 Å². The molecule has 2 aromatic rings. The molecule has 1 saturated carbocycles. The van der Waals surface area contributed by atoms with Crippen LogP contribution in [-0.2, 0) is 12.8 Å². The van der Waals surface area contributed by atoms with Crippen molar-refractivity contribution in [2.45, 2.75) is 70.4 Å². The minimum Gasteiger partial charge on any atom is -0.366 e. The van der Waals surface area contributed by atoms with Crippen LogP contribution in [0.15, 0.2) is 23.3 Å². The summed E-state index contributed by atoms with van der Waals surface area (Å²) >= 11 is 0. The summed E-state index contributed by atoms with van der Waals surface area (Å²) in [5.74, 6) is 0.832. The Hall–Kier alpha value is -2.24. The zero-order valence-electron chi connectivity index (χ0n) is 14.7. The first-order chi connectivity index (χ1) is 12.2. The molecule has 4 rings (SSSR count). The molecule has 2 aromatic heterocycles. The lowest BCUT2D eigenvalue weighted by Gasteiger charge is -2.30. The van der Waals surface area contributed by atoms with Gasteiger partial charge in [-0.3, -0.25) is 9.78 Å². The summed E-state index contributed by atoms with van der Waals surface area (Å²) in [6.45, 7) is 1.94. The molecule has 2 aliphatic carbocycles. The van der Waals surface area contributed by atoms with Gasteiger partial charge >= 0.3 is 0 Å². The van der Waals surface area contributed by atoms with Gasteiger partial charge in [0.2, 0.25) is 0 Å². The van der Waals surface area contributed by atoms with Crippen molar-refractivity contribution in [1.29, 1.82) is 0 Å². The second kappa shape index (κ2) is 6.94. The molecule has 0 spiro atoms. The Kier molecular flexibility index (Phi) is 4.51. The number of aryl methyl sites for hydroxylation is 3. The summed E-state index contributed by atoms with van der Waals surface area (Å²) in [6, 6.07) is 2.44. The zero-order chi connectivity index (χ0) is 17.2. The number of rotatable bonds is 3. The Morgan fingerprint density at radius 3 is 2.64 bits per heavy atom. The molecule has 1 fully saturated rings. The number of hydrogen-bond acceptors (Lipinski definition) is 5. The van der Waals surface area contributed by atoms with Crippen molar-refractivity contribution >= 4 is 5.82 Å². The summed E-state index contributed by atoms with van der Waals surface area (Å²) in [6.07, 6.45) is 11.9. The van der Waals surface area contributed by atoms with E-state index in [0.29, 0.717) is 6.04 Å². The van der Waals surface area contributed by atoms with Crippen LogP contribution >= 0.6 is 0 Å². The highest BCUT2D eigenvalue weighted by Gasteiger charge is 2.25. The third kappa shape index (κ3) is 3.57. The minimum absolute atomic E-state index is 0.0708. The Balaban J connectivity index is 1.42. The Morgan fingerprint density at radius 2 is 1.88 bits per heavy atom. The largest absolute Gasteiger partial charge is 0.366 e. The molecule has 6 nitrogen and oxygen atoms in total. The first-order valence-electron chi connectivity index (χ1n) is 9.36. The van der Waals surface area contributed by atoms with Crippen molar-refractivity contribution < 1.29 is 0 Å². The van der Waals surface area contributed by atoms with Crippen LogP contribution < -0.4 is 10.9 Å². The molecule has 0 unspecified atom stereocenters. The van der Waals surface area contributed by atoms with Crippen LogP contribution in [0.4, 0.5) is 5.82 Å². The van der Waals surface area contributed by atoms with E-state index in [9.17, 15) is 4.79 Å². The van der Waals surface area contributed by atoms with E-state index in [2.05, 4.69) is 15.3 Å². The topological polar surface area (TPSA) is 72.7 Å². The molecular weight excluding hydrogens is 314 g/mol. The van der Waals surface area contributed by atoms with Crippen molar-refractivity contribution in [3.63, 3.8) is 0 Å². The molecule has 0 aromatic carbocycles. The fraction of sp³-hybridized carbons (Fsp3) is 0.579. The monoisotopic (exact) mass is 339 g/mol. The molecule has 6 heteroatoms. The highest BCUT2D eigenvalue weighted by atomic mass is 16.1. The Bertz CT molecular complexity index is 790. The van der Waals surface area contributed by atoms with Crippen molar-refractivity contribution in [3.8, 4) is 0 Å². The summed E-state index contributed by atoms with van der Waals surface area (Å²) in [4.78, 5) is 21.1. The predicted molar refractivity (Wildman–Crippen MR) is 96.8 cm³/mol. The van der Waals surface area contributed by atoms with Gasteiger partial charge in [0.25, 0.3) is 5.56 Å². The Morgan fingerprint density at radius 1 is 1.08 bits per heavy atom. The van der Waals surface area contributed by atoms with Gasteiger partial charge in [-0.25, -0.2) is 9.67 Å². The Labute approximate surface area is 147 Å². The van der Waals surface area contributed by atoms with Crippen LogP contribution in [0.25, 0.3) is 0 Å². The summed E-state index contributed by atoms with van der Waals surface area (Å²) in [5, 5.41) is 8.18. The molecule has 0 amide bonds. The maximum Gasteiger partial charge on any atom is 0.267 e. The second-order valence-electron chi connectivity index (χ2n) is 7.30. The molecule has 25 heavy (non-hydrogen) atoms. The van der Waals surface area contributed by atoms with E-state index < -0.39 is 0 Å². The van der Waals surface area contributed by atoms with Crippen LogP contribution in [0.2, 0.25) is 0 Å². The van der Waals surface area contributed by atoms with Crippen LogP contribution in [-0.4, -0.2) is 25.8 Å². The second-order valence-corrected chi connectivity index (χ2v) is 7.30. The lowest BCUT2D eigenvalue weighted by atomic mass is 9.91. The van der Waals surface area contributed by atoms with E-state index in [1.165, 1.54) is 18.4 Å². The minimum atomic E-state index is 0.0708. The number of fused-ring (bicyclic) bond motifs is 1. The molecule has 0 saturated heterocycles. The van der Waals surface area contributed by atoms with Gasteiger partial charge in [-0.2, -0.15) is 5.10 Å². The smallest absolute Gasteiger partial charge is 0.267 e. The van der Waals surface area contributed by atoms with Gasteiger partial charge in [-0.1, -0.05) is 0 Å². The van der Waals surface area contributed by atoms with Crippen molar-refractivity contribution in [2.24, 2.45) is 0 Å². The lowest BCUT2D eigenvalue weighted by molar-refractivity contribution is 0.300. The predicted octanol–water partition coefficient (Wildman–Crippen LogP) is 2.82.